The van der Waals surface area contributed by atoms with Crippen LogP contribution in [0.25, 0.3) is 0 Å². The summed E-state index contributed by atoms with van der Waals surface area (Å²) in [5, 5.41) is 3.34. The topological polar surface area (TPSA) is 21.3 Å². The maximum absolute atomic E-state index is 13.3. The fraction of sp³-hybridized carbons (Fsp3) is 0.333. The van der Waals surface area contributed by atoms with Crippen molar-refractivity contribution < 1.29 is 9.13 Å². The van der Waals surface area contributed by atoms with Crippen LogP contribution in [0.2, 0.25) is 0 Å². The van der Waals surface area contributed by atoms with Crippen molar-refractivity contribution in [2.45, 2.75) is 32.2 Å². The van der Waals surface area contributed by atoms with Crippen molar-refractivity contribution in [3.63, 3.8) is 0 Å². The van der Waals surface area contributed by atoms with Gasteiger partial charge in [-0.1, -0.05) is 24.3 Å². The summed E-state index contributed by atoms with van der Waals surface area (Å²) in [6.07, 6.45) is 2.62. The standard InChI is InChI=1S/C18H20FNO/c1-2-21-18-11-16(19)8-9-17(18)20-12-13-4-3-5-15(10-13)14-6-7-14/h3-5,8-11,14,20H,2,6-7,12H2,1H3. The number of ether oxygens (including phenoxy) is 1. The SMILES string of the molecule is CCOc1cc(F)ccc1NCc1cccc(C2CC2)c1. The van der Waals surface area contributed by atoms with E-state index in [2.05, 4.69) is 29.6 Å². The number of anilines is 1. The lowest BCUT2D eigenvalue weighted by atomic mass is 10.1. The van der Waals surface area contributed by atoms with Crippen molar-refractivity contribution >= 4 is 5.69 Å². The number of nitrogens with one attached hydrogen (secondary N) is 1. The second-order valence-corrected chi connectivity index (χ2v) is 5.45. The van der Waals surface area contributed by atoms with Crippen LogP contribution in [0.3, 0.4) is 0 Å². The first-order valence-electron chi connectivity index (χ1n) is 7.51. The zero-order valence-corrected chi connectivity index (χ0v) is 12.2. The van der Waals surface area contributed by atoms with Crippen LogP contribution in [0.5, 0.6) is 5.75 Å². The van der Waals surface area contributed by atoms with Crippen LogP contribution in [0.1, 0.15) is 36.8 Å². The minimum atomic E-state index is -0.278. The normalized spacial score (nSPS) is 14.0. The van der Waals surface area contributed by atoms with E-state index in [1.807, 2.05) is 6.92 Å². The van der Waals surface area contributed by atoms with E-state index in [1.54, 1.807) is 6.07 Å². The van der Waals surface area contributed by atoms with Crippen LogP contribution in [-0.4, -0.2) is 6.61 Å². The molecule has 0 amide bonds. The molecule has 0 saturated heterocycles. The quantitative estimate of drug-likeness (QED) is 0.829. The molecular weight excluding hydrogens is 265 g/mol. The molecule has 1 N–H and O–H groups in total. The van der Waals surface area contributed by atoms with Gasteiger partial charge in [-0.25, -0.2) is 4.39 Å². The molecule has 110 valence electrons. The molecule has 2 aromatic carbocycles. The molecule has 2 nitrogen and oxygen atoms in total. The van der Waals surface area contributed by atoms with Gasteiger partial charge < -0.3 is 10.1 Å². The predicted molar refractivity (Wildman–Crippen MR) is 83.3 cm³/mol. The average molecular weight is 285 g/mol. The molecule has 21 heavy (non-hydrogen) atoms. The third kappa shape index (κ3) is 3.54. The van der Waals surface area contributed by atoms with E-state index in [4.69, 9.17) is 4.74 Å². The minimum Gasteiger partial charge on any atom is -0.492 e. The zero-order valence-electron chi connectivity index (χ0n) is 12.2. The van der Waals surface area contributed by atoms with Crippen molar-refractivity contribution in [2.24, 2.45) is 0 Å². The highest BCUT2D eigenvalue weighted by Gasteiger charge is 2.23. The molecule has 0 bridgehead atoms. The number of hydrogen-bond acceptors (Lipinski definition) is 2. The highest BCUT2D eigenvalue weighted by Crippen LogP contribution is 2.40. The van der Waals surface area contributed by atoms with E-state index in [-0.39, 0.29) is 5.82 Å². The molecule has 0 spiro atoms. The second kappa shape index (κ2) is 6.17. The van der Waals surface area contributed by atoms with E-state index >= 15 is 0 Å². The molecule has 3 rings (SSSR count). The van der Waals surface area contributed by atoms with Gasteiger partial charge in [-0.2, -0.15) is 0 Å². The highest BCUT2D eigenvalue weighted by atomic mass is 19.1. The Morgan fingerprint density at radius 3 is 2.81 bits per heavy atom. The smallest absolute Gasteiger partial charge is 0.145 e. The molecule has 0 atom stereocenters. The fourth-order valence-electron chi connectivity index (χ4n) is 2.49. The van der Waals surface area contributed by atoms with Gasteiger partial charge in [-0.3, -0.25) is 0 Å². The Balaban J connectivity index is 1.70. The van der Waals surface area contributed by atoms with Crippen molar-refractivity contribution in [1.29, 1.82) is 0 Å². The van der Waals surface area contributed by atoms with Crippen molar-refractivity contribution in [3.8, 4) is 5.75 Å². The molecule has 0 radical (unpaired) electrons. The molecule has 2 aromatic rings. The van der Waals surface area contributed by atoms with Gasteiger partial charge in [0.1, 0.15) is 11.6 Å². The summed E-state index contributed by atoms with van der Waals surface area (Å²) in [6.45, 7) is 3.13. The molecule has 0 aliphatic heterocycles. The van der Waals surface area contributed by atoms with E-state index in [0.29, 0.717) is 18.9 Å². The first-order valence-corrected chi connectivity index (χ1v) is 7.51. The summed E-state index contributed by atoms with van der Waals surface area (Å²) >= 11 is 0. The van der Waals surface area contributed by atoms with E-state index in [9.17, 15) is 4.39 Å². The summed E-state index contributed by atoms with van der Waals surface area (Å²) in [5.74, 6) is 1.05. The van der Waals surface area contributed by atoms with Crippen molar-refractivity contribution in [2.75, 3.05) is 11.9 Å². The highest BCUT2D eigenvalue weighted by molar-refractivity contribution is 5.56. The molecule has 0 aromatic heterocycles. The molecule has 1 fully saturated rings. The number of benzene rings is 2. The summed E-state index contributed by atoms with van der Waals surface area (Å²) in [5.41, 5.74) is 3.50. The Bertz CT molecular complexity index is 622. The van der Waals surface area contributed by atoms with Crippen molar-refractivity contribution in [1.82, 2.24) is 0 Å². The van der Waals surface area contributed by atoms with Crippen LogP contribution in [0, 0.1) is 5.82 Å². The van der Waals surface area contributed by atoms with E-state index < -0.39 is 0 Å². The first-order chi connectivity index (χ1) is 10.3. The third-order valence-corrected chi connectivity index (χ3v) is 3.73. The minimum absolute atomic E-state index is 0.278. The van der Waals surface area contributed by atoms with Gasteiger partial charge >= 0.3 is 0 Å². The largest absolute Gasteiger partial charge is 0.492 e. The first kappa shape index (κ1) is 13.9. The third-order valence-electron chi connectivity index (χ3n) is 3.73. The number of rotatable bonds is 6. The maximum Gasteiger partial charge on any atom is 0.145 e. The second-order valence-electron chi connectivity index (χ2n) is 5.45. The lowest BCUT2D eigenvalue weighted by molar-refractivity contribution is 0.340. The number of hydrogen-bond donors (Lipinski definition) is 1. The van der Waals surface area contributed by atoms with Gasteiger partial charge in [-0.05, 0) is 48.9 Å². The molecule has 3 heteroatoms. The van der Waals surface area contributed by atoms with Gasteiger partial charge in [0.2, 0.25) is 0 Å². The summed E-state index contributed by atoms with van der Waals surface area (Å²) in [4.78, 5) is 0. The van der Waals surface area contributed by atoms with E-state index in [0.717, 1.165) is 11.6 Å². The summed E-state index contributed by atoms with van der Waals surface area (Å²) in [7, 11) is 0. The van der Waals surface area contributed by atoms with Gasteiger partial charge in [0.05, 0.1) is 12.3 Å². The lowest BCUT2D eigenvalue weighted by Crippen LogP contribution is -2.03. The Labute approximate surface area is 125 Å². The molecule has 1 saturated carbocycles. The molecule has 0 heterocycles. The van der Waals surface area contributed by atoms with Gasteiger partial charge in [0.15, 0.2) is 0 Å². The van der Waals surface area contributed by atoms with Crippen LogP contribution < -0.4 is 10.1 Å². The van der Waals surface area contributed by atoms with Gasteiger partial charge in [0, 0.05) is 12.6 Å². The zero-order chi connectivity index (χ0) is 14.7. The molecule has 0 unspecified atom stereocenters. The Morgan fingerprint density at radius 1 is 1.19 bits per heavy atom. The Morgan fingerprint density at radius 2 is 2.05 bits per heavy atom. The van der Waals surface area contributed by atoms with Gasteiger partial charge in [0.25, 0.3) is 0 Å². The Kier molecular flexibility index (Phi) is 4.09. The average Bonchev–Trinajstić information content (AvgIpc) is 3.32. The van der Waals surface area contributed by atoms with E-state index in [1.165, 1.54) is 36.1 Å². The molecular formula is C18H20FNO. The van der Waals surface area contributed by atoms with Gasteiger partial charge in [-0.15, -0.1) is 0 Å². The fourth-order valence-corrected chi connectivity index (χ4v) is 2.49. The summed E-state index contributed by atoms with van der Waals surface area (Å²) < 4.78 is 18.8. The monoisotopic (exact) mass is 285 g/mol. The molecule has 1 aliphatic rings. The number of halogens is 1. The van der Waals surface area contributed by atoms with Crippen LogP contribution >= 0.6 is 0 Å². The van der Waals surface area contributed by atoms with Crippen LogP contribution in [0.4, 0.5) is 10.1 Å². The lowest BCUT2D eigenvalue weighted by Gasteiger charge is -2.13. The predicted octanol–water partition coefficient (Wildman–Crippen LogP) is 4.71. The van der Waals surface area contributed by atoms with Crippen LogP contribution in [0.15, 0.2) is 42.5 Å². The Hall–Kier alpha value is -2.03. The maximum atomic E-state index is 13.3. The summed E-state index contributed by atoms with van der Waals surface area (Å²) in [6, 6.07) is 13.3. The van der Waals surface area contributed by atoms with Crippen molar-refractivity contribution in [3.05, 3.63) is 59.4 Å². The molecule has 1 aliphatic carbocycles. The van der Waals surface area contributed by atoms with Crippen LogP contribution in [-0.2, 0) is 6.54 Å².